The third-order valence-electron chi connectivity index (χ3n) is 6.75. The molecule has 4 rings (SSSR count). The minimum atomic E-state index is -5.12. The van der Waals surface area contributed by atoms with Crippen LogP contribution in [0.2, 0.25) is 0 Å². The van der Waals surface area contributed by atoms with Gasteiger partial charge in [-0.1, -0.05) is 32.0 Å². The Hall–Kier alpha value is -3.07. The second kappa shape index (κ2) is 12.0. The van der Waals surface area contributed by atoms with E-state index in [1.165, 1.54) is 11.3 Å². The summed E-state index contributed by atoms with van der Waals surface area (Å²) in [6.45, 7) is 2.69. The van der Waals surface area contributed by atoms with Crippen LogP contribution in [0.4, 0.5) is 17.6 Å². The first-order chi connectivity index (χ1) is 19.2. The van der Waals surface area contributed by atoms with E-state index >= 15 is 0 Å². The standard InChI is InChI=1S/C27H29F4N3O5S2/c1-15(2)9-20(33-26(37)23-10-16-5-3-4-6-22(16)40-23)25(36)32-12-17-13-34(14-21(17)35)41(38,39)24-8-7-18(28)11-19(24)27(29,30)31/h3-8,10-11,15,17,20-21,35H,9,12-14H2,1-2H3,(H,32,36)(H,33,37)/t17-,20+,21+/m1/s1. The molecule has 1 saturated heterocycles. The second-order valence-corrected chi connectivity index (χ2v) is 13.3. The zero-order valence-corrected chi connectivity index (χ0v) is 23.7. The average molecular weight is 616 g/mol. The molecule has 0 bridgehead atoms. The normalized spacial score (nSPS) is 19.0. The molecule has 3 aromatic rings. The molecule has 14 heteroatoms. The molecule has 8 nitrogen and oxygen atoms in total. The molecule has 1 aromatic heterocycles. The third kappa shape index (κ3) is 7.05. The maximum absolute atomic E-state index is 13.5. The fourth-order valence-electron chi connectivity index (χ4n) is 4.68. The number of carbonyl (C=O) groups is 2. The summed E-state index contributed by atoms with van der Waals surface area (Å²) in [5.74, 6) is -3.01. The maximum Gasteiger partial charge on any atom is 0.417 e. The molecule has 1 aliphatic rings. The first-order valence-corrected chi connectivity index (χ1v) is 15.0. The van der Waals surface area contributed by atoms with Gasteiger partial charge in [-0.15, -0.1) is 11.3 Å². The number of aliphatic hydroxyl groups excluding tert-OH is 1. The Morgan fingerprint density at radius 1 is 1.12 bits per heavy atom. The smallest absolute Gasteiger partial charge is 0.391 e. The van der Waals surface area contributed by atoms with Crippen molar-refractivity contribution in [1.29, 1.82) is 0 Å². The predicted molar refractivity (Wildman–Crippen MR) is 145 cm³/mol. The number of thiophene rings is 1. The Labute approximate surface area is 238 Å². The highest BCUT2D eigenvalue weighted by atomic mass is 32.2. The lowest BCUT2D eigenvalue weighted by molar-refractivity contribution is -0.140. The van der Waals surface area contributed by atoms with Crippen molar-refractivity contribution in [2.75, 3.05) is 19.6 Å². The number of benzene rings is 2. The third-order valence-corrected chi connectivity index (χ3v) is 9.76. The fraction of sp³-hybridized carbons (Fsp3) is 0.407. The highest BCUT2D eigenvalue weighted by Gasteiger charge is 2.43. The molecule has 0 unspecified atom stereocenters. The lowest BCUT2D eigenvalue weighted by Crippen LogP contribution is -2.49. The summed E-state index contributed by atoms with van der Waals surface area (Å²) in [5.41, 5.74) is -1.64. The van der Waals surface area contributed by atoms with Crippen LogP contribution in [0.3, 0.4) is 0 Å². The molecule has 41 heavy (non-hydrogen) atoms. The lowest BCUT2D eigenvalue weighted by atomic mass is 10.0. The van der Waals surface area contributed by atoms with Gasteiger partial charge in [0.05, 0.1) is 21.4 Å². The molecule has 3 N–H and O–H groups in total. The van der Waals surface area contributed by atoms with Gasteiger partial charge in [0.25, 0.3) is 5.91 Å². The summed E-state index contributed by atoms with van der Waals surface area (Å²) < 4.78 is 81.6. The SMILES string of the molecule is CC(C)C[C@H](NC(=O)c1cc2ccccc2s1)C(=O)NC[C@@H]1CN(S(=O)(=O)c2ccc(F)cc2C(F)(F)F)C[C@@H]1O. The van der Waals surface area contributed by atoms with Gasteiger partial charge >= 0.3 is 6.18 Å². The molecule has 1 fully saturated rings. The molecular formula is C27H29F4N3O5S2. The number of nitrogens with zero attached hydrogens (tertiary/aromatic N) is 1. The number of halogens is 4. The number of aliphatic hydroxyl groups is 1. The van der Waals surface area contributed by atoms with E-state index < -0.39 is 68.9 Å². The molecule has 3 atom stereocenters. The van der Waals surface area contributed by atoms with Crippen LogP contribution in [0.5, 0.6) is 0 Å². The van der Waals surface area contributed by atoms with Gasteiger partial charge in [0.15, 0.2) is 0 Å². The summed E-state index contributed by atoms with van der Waals surface area (Å²) in [7, 11) is -4.75. The predicted octanol–water partition coefficient (Wildman–Crippen LogP) is 4.00. The van der Waals surface area contributed by atoms with Crippen LogP contribution in [0, 0.1) is 17.7 Å². The lowest BCUT2D eigenvalue weighted by Gasteiger charge is -2.22. The quantitative estimate of drug-likeness (QED) is 0.315. The van der Waals surface area contributed by atoms with Crippen LogP contribution in [0.1, 0.15) is 35.5 Å². The van der Waals surface area contributed by atoms with E-state index in [-0.39, 0.29) is 25.1 Å². The van der Waals surface area contributed by atoms with Gasteiger partial charge in [0.2, 0.25) is 15.9 Å². The van der Waals surface area contributed by atoms with E-state index in [0.29, 0.717) is 27.7 Å². The van der Waals surface area contributed by atoms with Crippen molar-refractivity contribution in [2.45, 2.75) is 43.5 Å². The van der Waals surface area contributed by atoms with Gasteiger partial charge in [-0.05, 0) is 48.1 Å². The van der Waals surface area contributed by atoms with Crippen molar-refractivity contribution in [3.05, 3.63) is 64.8 Å². The van der Waals surface area contributed by atoms with Crippen molar-refractivity contribution in [1.82, 2.24) is 14.9 Å². The first kappa shape index (κ1) is 30.9. The largest absolute Gasteiger partial charge is 0.417 e. The maximum atomic E-state index is 13.5. The molecule has 2 heterocycles. The topological polar surface area (TPSA) is 116 Å². The van der Waals surface area contributed by atoms with Crippen LogP contribution in [-0.2, 0) is 21.0 Å². The number of hydrogen-bond acceptors (Lipinski definition) is 6. The van der Waals surface area contributed by atoms with Gasteiger partial charge in [0, 0.05) is 30.3 Å². The monoisotopic (exact) mass is 615 g/mol. The van der Waals surface area contributed by atoms with Crippen LogP contribution in [-0.4, -0.2) is 61.4 Å². The zero-order chi connectivity index (χ0) is 30.1. The van der Waals surface area contributed by atoms with Crippen molar-refractivity contribution < 1.29 is 40.7 Å². The Bertz CT molecular complexity index is 1510. The molecule has 2 aromatic carbocycles. The number of alkyl halides is 3. The van der Waals surface area contributed by atoms with Crippen LogP contribution < -0.4 is 10.6 Å². The molecule has 222 valence electrons. The number of hydrogen-bond donors (Lipinski definition) is 3. The summed E-state index contributed by atoms with van der Waals surface area (Å²) >= 11 is 1.29. The van der Waals surface area contributed by atoms with Crippen molar-refractivity contribution in [2.24, 2.45) is 11.8 Å². The summed E-state index contributed by atoms with van der Waals surface area (Å²) in [4.78, 5) is 25.3. The van der Waals surface area contributed by atoms with Gasteiger partial charge in [0.1, 0.15) is 11.9 Å². The zero-order valence-electron chi connectivity index (χ0n) is 22.1. The summed E-state index contributed by atoms with van der Waals surface area (Å²) in [5, 5.41) is 16.8. The highest BCUT2D eigenvalue weighted by molar-refractivity contribution is 7.89. The Morgan fingerprint density at radius 3 is 2.49 bits per heavy atom. The molecule has 0 spiro atoms. The van der Waals surface area contributed by atoms with Gasteiger partial charge in [-0.25, -0.2) is 12.8 Å². The van der Waals surface area contributed by atoms with Crippen molar-refractivity contribution >= 4 is 43.3 Å². The molecular weight excluding hydrogens is 586 g/mol. The molecule has 1 aliphatic heterocycles. The second-order valence-electron chi connectivity index (χ2n) is 10.3. The van der Waals surface area contributed by atoms with Gasteiger partial charge in [-0.3, -0.25) is 9.59 Å². The Morgan fingerprint density at radius 2 is 1.83 bits per heavy atom. The minimum absolute atomic E-state index is 0.0321. The number of nitrogens with one attached hydrogen (secondary N) is 2. The average Bonchev–Trinajstić information content (AvgIpc) is 3.50. The first-order valence-electron chi connectivity index (χ1n) is 12.8. The van der Waals surface area contributed by atoms with Crippen LogP contribution >= 0.6 is 11.3 Å². The van der Waals surface area contributed by atoms with Crippen LogP contribution in [0.15, 0.2) is 53.4 Å². The molecule has 0 saturated carbocycles. The van der Waals surface area contributed by atoms with E-state index in [2.05, 4.69) is 10.6 Å². The molecule has 2 amide bonds. The summed E-state index contributed by atoms with van der Waals surface area (Å²) in [6, 6.07) is 9.55. The van der Waals surface area contributed by atoms with Crippen molar-refractivity contribution in [3.63, 3.8) is 0 Å². The Kier molecular flexibility index (Phi) is 9.07. The van der Waals surface area contributed by atoms with Gasteiger partial charge < -0.3 is 15.7 Å². The van der Waals surface area contributed by atoms with E-state index in [1.807, 2.05) is 38.1 Å². The number of carbonyl (C=O) groups excluding carboxylic acids is 2. The number of rotatable bonds is 9. The molecule has 0 aliphatic carbocycles. The van der Waals surface area contributed by atoms with E-state index in [1.54, 1.807) is 6.07 Å². The number of fused-ring (bicyclic) bond motifs is 1. The van der Waals surface area contributed by atoms with E-state index in [9.17, 15) is 40.7 Å². The van der Waals surface area contributed by atoms with Crippen molar-refractivity contribution in [3.8, 4) is 0 Å². The Balaban J connectivity index is 1.43. The number of amides is 2. The number of β-amino-alcohol motifs (C(OH)–C–C–N with tert-alkyl or cyclic N) is 1. The minimum Gasteiger partial charge on any atom is -0.391 e. The van der Waals surface area contributed by atoms with Gasteiger partial charge in [-0.2, -0.15) is 17.5 Å². The van der Waals surface area contributed by atoms with E-state index in [4.69, 9.17) is 0 Å². The molecule has 0 radical (unpaired) electrons. The summed E-state index contributed by atoms with van der Waals surface area (Å²) in [6.07, 6.45) is -6.10. The van der Waals surface area contributed by atoms with E-state index in [0.717, 1.165) is 10.1 Å². The highest BCUT2D eigenvalue weighted by Crippen LogP contribution is 2.37. The number of sulfonamides is 1. The van der Waals surface area contributed by atoms with Crippen LogP contribution in [0.25, 0.3) is 10.1 Å². The fourth-order valence-corrected chi connectivity index (χ4v) is 7.35.